The van der Waals surface area contributed by atoms with Crippen LogP contribution >= 0.6 is 0 Å². The standard InChI is InChI=1S/C75H65N/c1-71(2,3)48-33-39-56-57-40-34-49(72(4,5)6)44-67(57)75(66(56)43-48)64-28-17-13-21-53(64)58-41-37-51(45-68(58)75)76(50-35-30-46(31-36-50)47-32-38-55-52-20-11-15-26-62(52)73(7,8)65(55)42-47)69-29-18-14-23-59(69)61-25-19-24-60-54-22-12-16-27-63(54)74(9,10)70(60)61/h11-45H,1-10H3. The Labute approximate surface area is 450 Å². The van der Waals surface area contributed by atoms with Crippen molar-refractivity contribution < 1.29 is 0 Å². The summed E-state index contributed by atoms with van der Waals surface area (Å²) >= 11 is 0. The first-order chi connectivity index (χ1) is 36.5. The molecule has 0 amide bonds. The van der Waals surface area contributed by atoms with Gasteiger partial charge >= 0.3 is 0 Å². The minimum absolute atomic E-state index is 0.0361. The van der Waals surface area contributed by atoms with Crippen molar-refractivity contribution in [2.24, 2.45) is 0 Å². The van der Waals surface area contributed by atoms with Crippen LogP contribution in [-0.2, 0) is 27.1 Å². The Balaban J connectivity index is 1.01. The quantitative estimate of drug-likeness (QED) is 0.166. The fourth-order valence-corrected chi connectivity index (χ4v) is 14.3. The van der Waals surface area contributed by atoms with Gasteiger partial charge in [-0.05, 0) is 164 Å². The Morgan fingerprint density at radius 2 is 0.697 bits per heavy atom. The van der Waals surface area contributed by atoms with Crippen LogP contribution < -0.4 is 4.90 Å². The highest BCUT2D eigenvalue weighted by Gasteiger charge is 2.53. The fraction of sp³-hybridized carbons (Fsp3) is 0.200. The highest BCUT2D eigenvalue weighted by Crippen LogP contribution is 2.65. The van der Waals surface area contributed by atoms with Crippen molar-refractivity contribution in [1.82, 2.24) is 0 Å². The molecule has 0 bridgehead atoms. The summed E-state index contributed by atoms with van der Waals surface area (Å²) in [6.45, 7) is 23.7. The van der Waals surface area contributed by atoms with Gasteiger partial charge in [0, 0.05) is 27.8 Å². The summed E-state index contributed by atoms with van der Waals surface area (Å²) in [4.78, 5) is 2.56. The first kappa shape index (κ1) is 46.5. The Bertz CT molecular complexity index is 4000. The molecule has 4 aliphatic rings. The molecule has 0 atom stereocenters. The highest BCUT2D eigenvalue weighted by molar-refractivity contribution is 5.99. The first-order valence-corrected chi connectivity index (χ1v) is 27.5. The molecule has 0 aliphatic heterocycles. The monoisotopic (exact) mass is 980 g/mol. The zero-order valence-corrected chi connectivity index (χ0v) is 45.7. The summed E-state index contributed by atoms with van der Waals surface area (Å²) in [5.41, 5.74) is 31.7. The molecule has 0 heterocycles. The van der Waals surface area contributed by atoms with Crippen LogP contribution in [0.3, 0.4) is 0 Å². The lowest BCUT2D eigenvalue weighted by Crippen LogP contribution is -2.27. The average Bonchev–Trinajstić information content (AvgIpc) is 4.10. The van der Waals surface area contributed by atoms with Crippen molar-refractivity contribution in [2.45, 2.75) is 96.3 Å². The lowest BCUT2D eigenvalue weighted by Gasteiger charge is -2.34. The van der Waals surface area contributed by atoms with E-state index in [2.05, 4.69) is 286 Å². The van der Waals surface area contributed by atoms with Crippen LogP contribution in [0.4, 0.5) is 17.1 Å². The topological polar surface area (TPSA) is 3.24 Å². The Kier molecular flexibility index (Phi) is 9.80. The van der Waals surface area contributed by atoms with E-state index in [9.17, 15) is 0 Å². The molecule has 10 aromatic carbocycles. The third-order valence-electron chi connectivity index (χ3n) is 18.2. The normalized spacial score (nSPS) is 15.3. The second-order valence-electron chi connectivity index (χ2n) is 25.3. The number of hydrogen-bond donors (Lipinski definition) is 0. The van der Waals surface area contributed by atoms with E-state index in [-0.39, 0.29) is 21.7 Å². The van der Waals surface area contributed by atoms with Gasteiger partial charge in [0.25, 0.3) is 0 Å². The van der Waals surface area contributed by atoms with Gasteiger partial charge in [0.2, 0.25) is 0 Å². The predicted molar refractivity (Wildman–Crippen MR) is 321 cm³/mol. The lowest BCUT2D eigenvalue weighted by molar-refractivity contribution is 0.586. The van der Waals surface area contributed by atoms with E-state index in [1.165, 1.54) is 122 Å². The average molecular weight is 980 g/mol. The van der Waals surface area contributed by atoms with E-state index >= 15 is 0 Å². The summed E-state index contributed by atoms with van der Waals surface area (Å²) < 4.78 is 0. The van der Waals surface area contributed by atoms with Gasteiger partial charge in [-0.3, -0.25) is 0 Å². The van der Waals surface area contributed by atoms with Crippen molar-refractivity contribution in [3.8, 4) is 66.8 Å². The number of benzene rings is 10. The van der Waals surface area contributed by atoms with Gasteiger partial charge in [-0.1, -0.05) is 245 Å². The molecule has 0 saturated carbocycles. The summed E-state index contributed by atoms with van der Waals surface area (Å²) in [6, 6.07) is 82.0. The van der Waals surface area contributed by atoms with E-state index in [4.69, 9.17) is 0 Å². The molecule has 1 nitrogen and oxygen atoms in total. The molecular formula is C75H65N. The van der Waals surface area contributed by atoms with Crippen LogP contribution in [0.1, 0.15) is 125 Å². The zero-order valence-electron chi connectivity index (χ0n) is 45.7. The van der Waals surface area contributed by atoms with Crippen LogP contribution in [0.15, 0.2) is 212 Å². The first-order valence-electron chi connectivity index (χ1n) is 27.5. The molecule has 0 fully saturated rings. The van der Waals surface area contributed by atoms with Gasteiger partial charge in [-0.2, -0.15) is 0 Å². The summed E-state index contributed by atoms with van der Waals surface area (Å²) in [7, 11) is 0. The Morgan fingerprint density at radius 1 is 0.289 bits per heavy atom. The van der Waals surface area contributed by atoms with Crippen molar-refractivity contribution in [3.05, 3.63) is 268 Å². The summed E-state index contributed by atoms with van der Waals surface area (Å²) in [6.07, 6.45) is 0. The van der Waals surface area contributed by atoms with E-state index in [1.54, 1.807) is 0 Å². The van der Waals surface area contributed by atoms with Gasteiger partial charge in [0.1, 0.15) is 0 Å². The van der Waals surface area contributed by atoms with Gasteiger partial charge in [-0.25, -0.2) is 0 Å². The van der Waals surface area contributed by atoms with E-state index in [0.717, 1.165) is 17.1 Å². The molecule has 0 radical (unpaired) electrons. The molecule has 0 N–H and O–H groups in total. The van der Waals surface area contributed by atoms with Gasteiger partial charge in [0.05, 0.1) is 11.1 Å². The molecule has 0 aromatic heterocycles. The number of fused-ring (bicyclic) bond motifs is 16. The molecule has 0 saturated heterocycles. The lowest BCUT2D eigenvalue weighted by atomic mass is 9.68. The van der Waals surface area contributed by atoms with Crippen molar-refractivity contribution >= 4 is 17.1 Å². The number of para-hydroxylation sites is 1. The predicted octanol–water partition coefficient (Wildman–Crippen LogP) is 20.0. The van der Waals surface area contributed by atoms with E-state index in [0.29, 0.717) is 0 Å². The molecule has 14 rings (SSSR count). The molecule has 10 aromatic rings. The van der Waals surface area contributed by atoms with Crippen molar-refractivity contribution in [3.63, 3.8) is 0 Å². The van der Waals surface area contributed by atoms with E-state index in [1.807, 2.05) is 0 Å². The molecular weight excluding hydrogens is 915 g/mol. The maximum Gasteiger partial charge on any atom is 0.0726 e. The van der Waals surface area contributed by atoms with Crippen molar-refractivity contribution in [1.29, 1.82) is 0 Å². The smallest absolute Gasteiger partial charge is 0.0726 e. The maximum absolute atomic E-state index is 2.57. The minimum Gasteiger partial charge on any atom is -0.310 e. The van der Waals surface area contributed by atoms with Crippen LogP contribution in [-0.4, -0.2) is 0 Å². The summed E-state index contributed by atoms with van der Waals surface area (Å²) in [5, 5.41) is 0. The molecule has 370 valence electrons. The van der Waals surface area contributed by atoms with Gasteiger partial charge in [-0.15, -0.1) is 0 Å². The fourth-order valence-electron chi connectivity index (χ4n) is 14.3. The maximum atomic E-state index is 2.57. The Morgan fingerprint density at radius 3 is 1.30 bits per heavy atom. The van der Waals surface area contributed by atoms with Crippen LogP contribution in [0.25, 0.3) is 66.8 Å². The van der Waals surface area contributed by atoms with Gasteiger partial charge in [0.15, 0.2) is 0 Å². The van der Waals surface area contributed by atoms with E-state index < -0.39 is 5.41 Å². The third kappa shape index (κ3) is 6.45. The van der Waals surface area contributed by atoms with Crippen molar-refractivity contribution in [2.75, 3.05) is 4.90 Å². The number of nitrogens with zero attached hydrogens (tertiary/aromatic N) is 1. The second-order valence-corrected chi connectivity index (χ2v) is 25.3. The molecule has 1 spiro atoms. The summed E-state index contributed by atoms with van der Waals surface area (Å²) in [5.74, 6) is 0. The largest absolute Gasteiger partial charge is 0.310 e. The highest BCUT2D eigenvalue weighted by atomic mass is 15.1. The van der Waals surface area contributed by atoms with Crippen LogP contribution in [0.5, 0.6) is 0 Å². The second kappa shape index (κ2) is 16.0. The molecule has 1 heteroatoms. The third-order valence-corrected chi connectivity index (χ3v) is 18.2. The zero-order chi connectivity index (χ0) is 52.3. The molecule has 4 aliphatic carbocycles. The minimum atomic E-state index is -0.540. The van der Waals surface area contributed by atoms with Gasteiger partial charge < -0.3 is 4.90 Å². The van der Waals surface area contributed by atoms with Crippen LogP contribution in [0.2, 0.25) is 0 Å². The molecule has 76 heavy (non-hydrogen) atoms. The Hall–Kier alpha value is -8.00. The molecule has 0 unspecified atom stereocenters. The SMILES string of the molecule is CC(C)(C)c1ccc2c(c1)C1(c3ccccc3-c3ccc(N(c4ccc(-c5ccc6c(c5)C(C)(C)c5ccccc5-6)cc4)c4ccccc4-c4cccc5c4C(C)(C)c4ccccc4-5)cc31)c1cc(C(C)(C)C)ccc1-2. The number of hydrogen-bond acceptors (Lipinski definition) is 1. The number of rotatable bonds is 5. The number of anilines is 3. The van der Waals surface area contributed by atoms with Crippen LogP contribution in [0, 0.1) is 0 Å².